The lowest BCUT2D eigenvalue weighted by atomic mass is 10.0. The summed E-state index contributed by atoms with van der Waals surface area (Å²) >= 11 is 3.44. The molecule has 0 N–H and O–H groups in total. The Balaban J connectivity index is 2.37. The van der Waals surface area contributed by atoms with Crippen molar-refractivity contribution in [3.63, 3.8) is 0 Å². The van der Waals surface area contributed by atoms with Gasteiger partial charge < -0.3 is 4.42 Å². The first-order valence-corrected chi connectivity index (χ1v) is 6.39. The average Bonchev–Trinajstić information content (AvgIpc) is 2.85. The molecule has 0 aliphatic rings. The van der Waals surface area contributed by atoms with Crippen LogP contribution in [0, 0.1) is 0 Å². The molecule has 0 atom stereocenters. The molecule has 0 fully saturated rings. The molecule has 2 heteroatoms. The van der Waals surface area contributed by atoms with E-state index in [9.17, 15) is 0 Å². The second-order valence-corrected chi connectivity index (χ2v) is 4.23. The third-order valence-electron chi connectivity index (χ3n) is 2.33. The van der Waals surface area contributed by atoms with Crippen LogP contribution in [0.3, 0.4) is 0 Å². The monoisotopic (exact) mass is 276 g/mol. The summed E-state index contributed by atoms with van der Waals surface area (Å²) in [6, 6.07) is 14.2. The molecule has 82 valence electrons. The van der Waals surface area contributed by atoms with Crippen molar-refractivity contribution in [1.82, 2.24) is 0 Å². The molecule has 0 aliphatic heterocycles. The van der Waals surface area contributed by atoms with Crippen LogP contribution in [0.25, 0.3) is 5.57 Å². The zero-order chi connectivity index (χ0) is 11.2. The number of benzene rings is 1. The van der Waals surface area contributed by atoms with Gasteiger partial charge in [-0.1, -0.05) is 52.3 Å². The number of halogens is 1. The zero-order valence-electron chi connectivity index (χ0n) is 8.90. The predicted octanol–water partition coefficient (Wildman–Crippen LogP) is 4.50. The highest BCUT2D eigenvalue weighted by Crippen LogP contribution is 2.24. The summed E-state index contributed by atoms with van der Waals surface area (Å²) in [5, 5.41) is 0.962. The summed E-state index contributed by atoms with van der Waals surface area (Å²) in [6.07, 6.45) is 4.90. The summed E-state index contributed by atoms with van der Waals surface area (Å²) in [4.78, 5) is 0. The van der Waals surface area contributed by atoms with Gasteiger partial charge in [0.1, 0.15) is 5.76 Å². The van der Waals surface area contributed by atoms with Crippen LogP contribution in [0.15, 0.2) is 59.2 Å². The molecule has 0 saturated heterocycles. The van der Waals surface area contributed by atoms with E-state index in [1.54, 1.807) is 6.26 Å². The van der Waals surface area contributed by atoms with Crippen molar-refractivity contribution < 1.29 is 4.42 Å². The molecule has 1 aromatic heterocycles. The second-order valence-electron chi connectivity index (χ2n) is 3.44. The number of alkyl halides is 1. The molecule has 2 rings (SSSR count). The zero-order valence-corrected chi connectivity index (χ0v) is 10.5. The van der Waals surface area contributed by atoms with Crippen LogP contribution in [0.2, 0.25) is 0 Å². The number of furan rings is 1. The van der Waals surface area contributed by atoms with Gasteiger partial charge >= 0.3 is 0 Å². The molecule has 1 aromatic carbocycles. The average molecular weight is 277 g/mol. The smallest absolute Gasteiger partial charge is 0.134 e. The van der Waals surface area contributed by atoms with Crippen molar-refractivity contribution >= 4 is 21.5 Å². The maximum Gasteiger partial charge on any atom is 0.134 e. The minimum Gasteiger partial charge on any atom is -0.464 e. The summed E-state index contributed by atoms with van der Waals surface area (Å²) in [6.45, 7) is 0. The van der Waals surface area contributed by atoms with Crippen LogP contribution >= 0.6 is 15.9 Å². The highest BCUT2D eigenvalue weighted by Gasteiger charge is 2.06. The SMILES string of the molecule is BrCCC=C(c1ccccc1)c1ccco1. The van der Waals surface area contributed by atoms with Crippen molar-refractivity contribution in [3.8, 4) is 0 Å². The van der Waals surface area contributed by atoms with Gasteiger partial charge in [0.25, 0.3) is 0 Å². The van der Waals surface area contributed by atoms with Crippen molar-refractivity contribution in [2.24, 2.45) is 0 Å². The largest absolute Gasteiger partial charge is 0.464 e. The van der Waals surface area contributed by atoms with E-state index >= 15 is 0 Å². The molecule has 0 amide bonds. The first-order chi connectivity index (χ1) is 7.92. The third kappa shape index (κ3) is 2.64. The molecular formula is C14H13BrO. The van der Waals surface area contributed by atoms with Gasteiger partial charge in [-0.25, -0.2) is 0 Å². The van der Waals surface area contributed by atoms with E-state index in [0.717, 1.165) is 23.1 Å². The van der Waals surface area contributed by atoms with Crippen LogP contribution in [0.1, 0.15) is 17.7 Å². The van der Waals surface area contributed by atoms with Crippen molar-refractivity contribution in [2.45, 2.75) is 6.42 Å². The fraction of sp³-hybridized carbons (Fsp3) is 0.143. The molecule has 0 bridgehead atoms. The highest BCUT2D eigenvalue weighted by atomic mass is 79.9. The Morgan fingerprint density at radius 1 is 1.12 bits per heavy atom. The molecule has 0 saturated carbocycles. The van der Waals surface area contributed by atoms with Crippen LogP contribution in [-0.2, 0) is 0 Å². The van der Waals surface area contributed by atoms with E-state index in [0.29, 0.717) is 0 Å². The molecular weight excluding hydrogens is 264 g/mol. The minimum atomic E-state index is 0.923. The van der Waals surface area contributed by atoms with Gasteiger partial charge in [-0.2, -0.15) is 0 Å². The molecule has 0 radical (unpaired) electrons. The first-order valence-electron chi connectivity index (χ1n) is 5.27. The van der Waals surface area contributed by atoms with Crippen molar-refractivity contribution in [2.75, 3.05) is 5.33 Å². The second kappa shape index (κ2) is 5.71. The van der Waals surface area contributed by atoms with E-state index in [2.05, 4.69) is 34.1 Å². The minimum absolute atomic E-state index is 0.923. The molecule has 2 aromatic rings. The lowest BCUT2D eigenvalue weighted by Gasteiger charge is -2.04. The van der Waals surface area contributed by atoms with Gasteiger partial charge in [0.2, 0.25) is 0 Å². The summed E-state index contributed by atoms with van der Waals surface area (Å²) < 4.78 is 5.46. The fourth-order valence-corrected chi connectivity index (χ4v) is 1.84. The van der Waals surface area contributed by atoms with Crippen LogP contribution < -0.4 is 0 Å². The quantitative estimate of drug-likeness (QED) is 0.750. The van der Waals surface area contributed by atoms with Crippen LogP contribution in [-0.4, -0.2) is 5.33 Å². The van der Waals surface area contributed by atoms with Gasteiger partial charge in [-0.3, -0.25) is 0 Å². The van der Waals surface area contributed by atoms with E-state index in [1.165, 1.54) is 5.56 Å². The van der Waals surface area contributed by atoms with Gasteiger partial charge in [0, 0.05) is 10.9 Å². The Kier molecular flexibility index (Phi) is 4.00. The first kappa shape index (κ1) is 11.2. The molecule has 0 aliphatic carbocycles. The molecule has 0 unspecified atom stereocenters. The maximum atomic E-state index is 5.46. The Bertz CT molecular complexity index is 443. The maximum absolute atomic E-state index is 5.46. The van der Waals surface area contributed by atoms with Crippen LogP contribution in [0.5, 0.6) is 0 Å². The van der Waals surface area contributed by atoms with E-state index in [-0.39, 0.29) is 0 Å². The van der Waals surface area contributed by atoms with Crippen molar-refractivity contribution in [3.05, 3.63) is 66.1 Å². The van der Waals surface area contributed by atoms with E-state index in [1.807, 2.05) is 30.3 Å². The number of hydrogen-bond acceptors (Lipinski definition) is 1. The number of allylic oxidation sites excluding steroid dienone is 1. The number of rotatable bonds is 4. The third-order valence-corrected chi connectivity index (χ3v) is 2.79. The summed E-state index contributed by atoms with van der Waals surface area (Å²) in [5.74, 6) is 0.923. The van der Waals surface area contributed by atoms with Crippen LogP contribution in [0.4, 0.5) is 0 Å². The standard InChI is InChI=1S/C14H13BrO/c15-10-4-8-13(14-9-5-11-16-14)12-6-2-1-3-7-12/h1-3,5-9,11H,4,10H2. The number of hydrogen-bond donors (Lipinski definition) is 0. The molecule has 1 nitrogen and oxygen atoms in total. The van der Waals surface area contributed by atoms with Gasteiger partial charge in [0.15, 0.2) is 0 Å². The van der Waals surface area contributed by atoms with Gasteiger partial charge in [0.05, 0.1) is 6.26 Å². The fourth-order valence-electron chi connectivity index (χ4n) is 1.61. The molecule has 0 spiro atoms. The van der Waals surface area contributed by atoms with E-state index < -0.39 is 0 Å². The summed E-state index contributed by atoms with van der Waals surface area (Å²) in [7, 11) is 0. The molecule has 16 heavy (non-hydrogen) atoms. The Hall–Kier alpha value is -1.28. The Morgan fingerprint density at radius 3 is 2.56 bits per heavy atom. The lowest BCUT2D eigenvalue weighted by molar-refractivity contribution is 0.553. The lowest BCUT2D eigenvalue weighted by Crippen LogP contribution is -1.86. The Labute approximate surface area is 104 Å². The summed E-state index contributed by atoms with van der Waals surface area (Å²) in [5.41, 5.74) is 2.35. The normalized spacial score (nSPS) is 11.7. The molecule has 1 heterocycles. The van der Waals surface area contributed by atoms with Crippen molar-refractivity contribution in [1.29, 1.82) is 0 Å². The topological polar surface area (TPSA) is 13.1 Å². The van der Waals surface area contributed by atoms with Gasteiger partial charge in [-0.15, -0.1) is 0 Å². The van der Waals surface area contributed by atoms with E-state index in [4.69, 9.17) is 4.42 Å². The van der Waals surface area contributed by atoms with Gasteiger partial charge in [-0.05, 0) is 24.1 Å². The highest BCUT2D eigenvalue weighted by molar-refractivity contribution is 9.09. The Morgan fingerprint density at radius 2 is 1.94 bits per heavy atom. The predicted molar refractivity (Wildman–Crippen MR) is 70.6 cm³/mol.